The third-order valence-corrected chi connectivity index (χ3v) is 6.62. The van der Waals surface area contributed by atoms with E-state index in [1.54, 1.807) is 0 Å². The summed E-state index contributed by atoms with van der Waals surface area (Å²) in [5.74, 6) is 1.49. The average molecular weight is 327 g/mol. The van der Waals surface area contributed by atoms with Gasteiger partial charge in [-0.25, -0.2) is 0 Å². The van der Waals surface area contributed by atoms with Gasteiger partial charge in [0.05, 0.1) is 25.4 Å². The molecule has 24 heavy (non-hydrogen) atoms. The Morgan fingerprint density at radius 1 is 1.17 bits per heavy atom. The van der Waals surface area contributed by atoms with E-state index in [1.165, 1.54) is 18.4 Å². The number of benzene rings is 1. The summed E-state index contributed by atoms with van der Waals surface area (Å²) in [6.45, 7) is 2.20. The number of carbonyl (C=O) groups is 1. The molecule has 0 radical (unpaired) electrons. The van der Waals surface area contributed by atoms with Gasteiger partial charge in [0.2, 0.25) is 5.91 Å². The second-order valence-electron chi connectivity index (χ2n) is 7.80. The van der Waals surface area contributed by atoms with Crippen LogP contribution in [0.2, 0.25) is 0 Å². The van der Waals surface area contributed by atoms with Crippen molar-refractivity contribution in [2.45, 2.75) is 56.1 Å². The van der Waals surface area contributed by atoms with Gasteiger partial charge in [-0.2, -0.15) is 0 Å². The van der Waals surface area contributed by atoms with E-state index < -0.39 is 0 Å². The summed E-state index contributed by atoms with van der Waals surface area (Å²) < 4.78 is 11.8. The van der Waals surface area contributed by atoms with E-state index in [4.69, 9.17) is 9.47 Å². The van der Waals surface area contributed by atoms with Crippen LogP contribution in [0.25, 0.3) is 0 Å². The summed E-state index contributed by atoms with van der Waals surface area (Å²) in [5, 5.41) is 0. The van der Waals surface area contributed by atoms with Gasteiger partial charge in [-0.1, -0.05) is 31.0 Å². The number of ether oxygens (including phenoxy) is 2. The number of fused-ring (bicyclic) bond motifs is 3. The zero-order valence-electron chi connectivity index (χ0n) is 14.1. The third-order valence-electron chi connectivity index (χ3n) is 6.62. The van der Waals surface area contributed by atoms with E-state index in [-0.39, 0.29) is 17.4 Å². The van der Waals surface area contributed by atoms with E-state index >= 15 is 0 Å². The molecule has 2 unspecified atom stereocenters. The molecular weight excluding hydrogens is 302 g/mol. The molecule has 1 saturated heterocycles. The van der Waals surface area contributed by atoms with E-state index in [9.17, 15) is 4.79 Å². The highest BCUT2D eigenvalue weighted by molar-refractivity contribution is 5.85. The molecule has 128 valence electrons. The number of rotatable bonds is 1. The quantitative estimate of drug-likeness (QED) is 0.796. The lowest BCUT2D eigenvalue weighted by atomic mass is 9.86. The van der Waals surface area contributed by atoms with Crippen molar-refractivity contribution in [2.75, 3.05) is 19.8 Å². The van der Waals surface area contributed by atoms with Crippen LogP contribution >= 0.6 is 0 Å². The molecule has 3 fully saturated rings. The van der Waals surface area contributed by atoms with Gasteiger partial charge < -0.3 is 14.4 Å². The van der Waals surface area contributed by atoms with Crippen LogP contribution in [0.1, 0.15) is 44.1 Å². The molecule has 1 spiro atoms. The first-order valence-electron chi connectivity index (χ1n) is 9.44. The molecule has 5 rings (SSSR count). The van der Waals surface area contributed by atoms with Gasteiger partial charge in [-0.15, -0.1) is 0 Å². The van der Waals surface area contributed by atoms with Gasteiger partial charge >= 0.3 is 0 Å². The Morgan fingerprint density at radius 2 is 2.04 bits per heavy atom. The summed E-state index contributed by atoms with van der Waals surface area (Å²) >= 11 is 0. The minimum Gasteiger partial charge on any atom is -0.493 e. The molecule has 1 aromatic rings. The molecular formula is C20H25NO3. The Kier molecular flexibility index (Phi) is 3.37. The van der Waals surface area contributed by atoms with Gasteiger partial charge in [0.25, 0.3) is 0 Å². The highest BCUT2D eigenvalue weighted by Crippen LogP contribution is 2.61. The van der Waals surface area contributed by atoms with Crippen LogP contribution in [0, 0.1) is 5.92 Å². The molecule has 2 aliphatic heterocycles. The molecule has 0 N–H and O–H groups in total. The molecule has 0 bridgehead atoms. The van der Waals surface area contributed by atoms with Crippen LogP contribution in [0.5, 0.6) is 5.75 Å². The molecule has 2 heterocycles. The van der Waals surface area contributed by atoms with Crippen LogP contribution in [0.4, 0.5) is 0 Å². The van der Waals surface area contributed by atoms with E-state index in [1.807, 2.05) is 12.1 Å². The fourth-order valence-electron chi connectivity index (χ4n) is 5.25. The number of para-hydroxylation sites is 1. The number of carbonyl (C=O) groups excluding carboxylic acids is 1. The first-order chi connectivity index (χ1) is 11.8. The predicted octanol–water partition coefficient (Wildman–Crippen LogP) is 2.90. The van der Waals surface area contributed by atoms with Crippen molar-refractivity contribution in [1.82, 2.24) is 4.90 Å². The van der Waals surface area contributed by atoms with Crippen LogP contribution in [0.15, 0.2) is 24.3 Å². The Balaban J connectivity index is 1.40. The topological polar surface area (TPSA) is 38.8 Å². The van der Waals surface area contributed by atoms with Crippen molar-refractivity contribution in [1.29, 1.82) is 0 Å². The van der Waals surface area contributed by atoms with Crippen molar-refractivity contribution in [3.63, 3.8) is 0 Å². The van der Waals surface area contributed by atoms with Gasteiger partial charge in [-0.3, -0.25) is 4.79 Å². The first kappa shape index (κ1) is 14.8. The zero-order chi connectivity index (χ0) is 16.1. The number of amides is 1. The lowest BCUT2D eigenvalue weighted by molar-refractivity contribution is -0.151. The van der Waals surface area contributed by atoms with Gasteiger partial charge in [-0.05, 0) is 31.7 Å². The second kappa shape index (κ2) is 5.48. The summed E-state index contributed by atoms with van der Waals surface area (Å²) in [7, 11) is 0. The maximum absolute atomic E-state index is 13.3. The van der Waals surface area contributed by atoms with Crippen molar-refractivity contribution in [2.24, 2.45) is 5.92 Å². The Hall–Kier alpha value is -1.55. The SMILES string of the molecule is O=C([C@@H]1C[C@]12CCOc1ccccc12)N1CCOC2CCCCC21. The molecule has 2 saturated carbocycles. The standard InChI is InChI=1S/C20H25NO3/c22-19(21-10-12-24-18-8-4-2-6-16(18)21)15-13-20(15)9-11-23-17-7-3-1-5-14(17)20/h1,3,5,7,15-16,18H,2,4,6,8-13H2/t15-,16?,18?,20-/m0/s1. The summed E-state index contributed by atoms with van der Waals surface area (Å²) in [6, 6.07) is 8.60. The molecule has 4 nitrogen and oxygen atoms in total. The Morgan fingerprint density at radius 3 is 3.00 bits per heavy atom. The fraction of sp³-hybridized carbons (Fsp3) is 0.650. The number of morpholine rings is 1. The Bertz CT molecular complexity index is 658. The second-order valence-corrected chi connectivity index (χ2v) is 7.80. The highest BCUT2D eigenvalue weighted by atomic mass is 16.5. The van der Waals surface area contributed by atoms with Crippen LogP contribution < -0.4 is 4.74 Å². The highest BCUT2D eigenvalue weighted by Gasteiger charge is 2.62. The molecule has 0 aromatic heterocycles. The summed E-state index contributed by atoms with van der Waals surface area (Å²) in [4.78, 5) is 15.5. The van der Waals surface area contributed by atoms with E-state index in [2.05, 4.69) is 17.0 Å². The summed E-state index contributed by atoms with van der Waals surface area (Å²) in [5.41, 5.74) is 1.29. The van der Waals surface area contributed by atoms with E-state index in [0.29, 0.717) is 18.6 Å². The first-order valence-corrected chi connectivity index (χ1v) is 9.44. The van der Waals surface area contributed by atoms with Crippen LogP contribution in [-0.4, -0.2) is 42.7 Å². The van der Waals surface area contributed by atoms with Gasteiger partial charge in [0.15, 0.2) is 0 Å². The largest absolute Gasteiger partial charge is 0.493 e. The average Bonchev–Trinajstić information content (AvgIpc) is 3.36. The van der Waals surface area contributed by atoms with Crippen LogP contribution in [0.3, 0.4) is 0 Å². The van der Waals surface area contributed by atoms with Crippen molar-refractivity contribution >= 4 is 5.91 Å². The zero-order valence-corrected chi connectivity index (χ0v) is 14.1. The maximum atomic E-state index is 13.3. The fourth-order valence-corrected chi connectivity index (χ4v) is 5.25. The molecule has 2 aliphatic carbocycles. The lowest BCUT2D eigenvalue weighted by Crippen LogP contribution is -2.55. The molecule has 1 amide bonds. The summed E-state index contributed by atoms with van der Waals surface area (Å²) in [6.07, 6.45) is 6.91. The monoisotopic (exact) mass is 327 g/mol. The molecule has 4 heteroatoms. The van der Waals surface area contributed by atoms with E-state index in [0.717, 1.165) is 44.6 Å². The Labute approximate surface area is 143 Å². The normalized spacial score (nSPS) is 37.3. The smallest absolute Gasteiger partial charge is 0.227 e. The molecule has 1 aromatic carbocycles. The molecule has 4 atom stereocenters. The van der Waals surface area contributed by atoms with Crippen LogP contribution in [-0.2, 0) is 14.9 Å². The minimum absolute atomic E-state index is 0.0361. The number of hydrogen-bond acceptors (Lipinski definition) is 3. The third kappa shape index (κ3) is 2.12. The maximum Gasteiger partial charge on any atom is 0.227 e. The minimum atomic E-state index is 0.0361. The van der Waals surface area contributed by atoms with Gasteiger partial charge in [0, 0.05) is 23.4 Å². The predicted molar refractivity (Wildman–Crippen MR) is 90.0 cm³/mol. The molecule has 4 aliphatic rings. The van der Waals surface area contributed by atoms with Crippen molar-refractivity contribution in [3.8, 4) is 5.75 Å². The number of nitrogens with zero attached hydrogens (tertiary/aromatic N) is 1. The van der Waals surface area contributed by atoms with Crippen molar-refractivity contribution in [3.05, 3.63) is 29.8 Å². The number of hydrogen-bond donors (Lipinski definition) is 0. The van der Waals surface area contributed by atoms with Crippen molar-refractivity contribution < 1.29 is 14.3 Å². The lowest BCUT2D eigenvalue weighted by Gasteiger charge is -2.44. The van der Waals surface area contributed by atoms with Gasteiger partial charge in [0.1, 0.15) is 5.75 Å².